The Bertz CT molecular complexity index is 447. The summed E-state index contributed by atoms with van der Waals surface area (Å²) in [5.41, 5.74) is 0. The molecule has 0 aliphatic carbocycles. The molecule has 2 N–H and O–H groups in total. The van der Waals surface area contributed by atoms with Gasteiger partial charge in [0.1, 0.15) is 6.10 Å². The van der Waals surface area contributed by atoms with Crippen LogP contribution in [0, 0.1) is 23.7 Å². The van der Waals surface area contributed by atoms with Gasteiger partial charge in [-0.3, -0.25) is 0 Å². The predicted octanol–water partition coefficient (Wildman–Crippen LogP) is 2.37. The Balaban J connectivity index is 3.99. The first-order valence-electron chi connectivity index (χ1n) is 6.18. The van der Waals surface area contributed by atoms with E-state index in [1.807, 2.05) is 18.2 Å². The molecule has 0 fully saturated rings. The lowest BCUT2D eigenvalue weighted by molar-refractivity contribution is 0.227. The lowest BCUT2D eigenvalue weighted by Crippen LogP contribution is -1.98. The zero-order valence-corrected chi connectivity index (χ0v) is 11.2. The Morgan fingerprint density at radius 3 is 2.63 bits per heavy atom. The van der Waals surface area contributed by atoms with Crippen LogP contribution in [0.1, 0.15) is 19.8 Å². The van der Waals surface area contributed by atoms with Gasteiger partial charge in [0.25, 0.3) is 0 Å². The first kappa shape index (κ1) is 17.0. The van der Waals surface area contributed by atoms with E-state index in [0.717, 1.165) is 6.42 Å². The summed E-state index contributed by atoms with van der Waals surface area (Å²) >= 11 is 0. The summed E-state index contributed by atoms with van der Waals surface area (Å²) in [6, 6.07) is 0. The van der Waals surface area contributed by atoms with E-state index in [4.69, 9.17) is 5.11 Å². The minimum Gasteiger partial charge on any atom is -0.389 e. The molecule has 0 saturated heterocycles. The highest BCUT2D eigenvalue weighted by Gasteiger charge is 1.92. The van der Waals surface area contributed by atoms with Crippen molar-refractivity contribution in [2.45, 2.75) is 32.0 Å². The molecule has 2 nitrogen and oxygen atoms in total. The third kappa shape index (κ3) is 12.2. The van der Waals surface area contributed by atoms with Crippen molar-refractivity contribution < 1.29 is 10.2 Å². The molecular weight excluding hydrogens is 236 g/mol. The van der Waals surface area contributed by atoms with Gasteiger partial charge in [0.2, 0.25) is 0 Å². The molecule has 0 amide bonds. The molecule has 0 heterocycles. The first-order chi connectivity index (χ1) is 9.20. The minimum absolute atomic E-state index is 0.506. The maximum Gasteiger partial charge on any atom is 0.134 e. The molecule has 0 aromatic carbocycles. The monoisotopic (exact) mass is 256 g/mol. The Labute approximate surface area is 115 Å². The average Bonchev–Trinajstić information content (AvgIpc) is 2.42. The van der Waals surface area contributed by atoms with Crippen LogP contribution in [0.15, 0.2) is 49.1 Å². The second-order valence-corrected chi connectivity index (χ2v) is 3.65. The molecule has 0 aliphatic heterocycles. The summed E-state index contributed by atoms with van der Waals surface area (Å²) in [7, 11) is 0. The van der Waals surface area contributed by atoms with Gasteiger partial charge in [-0.1, -0.05) is 61.8 Å². The Hall–Kier alpha value is -2.00. The Morgan fingerprint density at radius 2 is 1.95 bits per heavy atom. The molecule has 100 valence electrons. The summed E-state index contributed by atoms with van der Waals surface area (Å²) in [5, 5.41) is 18.6. The topological polar surface area (TPSA) is 40.5 Å². The standard InChI is InChI=1S/C17H20O2/c1-3-5-6-10-14-17(19)15-12-9-7-8-11-13-16(18)4-2/h4-6,9-10,12,14,16-19H,2-3,15H2,1H3. The lowest BCUT2D eigenvalue weighted by atomic mass is 10.2. The van der Waals surface area contributed by atoms with Crippen molar-refractivity contribution in [3.8, 4) is 23.7 Å². The second kappa shape index (κ2) is 12.5. The molecule has 0 radical (unpaired) electrons. The van der Waals surface area contributed by atoms with Crippen LogP contribution in [0.25, 0.3) is 0 Å². The number of allylic oxidation sites excluding steroid dienone is 4. The third-order valence-corrected chi connectivity index (χ3v) is 1.97. The summed E-state index contributed by atoms with van der Waals surface area (Å²) in [4.78, 5) is 0. The predicted molar refractivity (Wildman–Crippen MR) is 80.1 cm³/mol. The number of hydrogen-bond acceptors (Lipinski definition) is 2. The normalized spacial score (nSPS) is 13.8. The van der Waals surface area contributed by atoms with Gasteiger partial charge in [-0.05, 0) is 30.8 Å². The highest BCUT2D eigenvalue weighted by atomic mass is 16.3. The number of rotatable bonds is 6. The third-order valence-electron chi connectivity index (χ3n) is 1.97. The van der Waals surface area contributed by atoms with Gasteiger partial charge in [0.05, 0.1) is 6.10 Å². The van der Waals surface area contributed by atoms with Gasteiger partial charge in [-0.15, -0.1) is 0 Å². The molecule has 0 aromatic rings. The average molecular weight is 256 g/mol. The van der Waals surface area contributed by atoms with E-state index in [1.165, 1.54) is 6.08 Å². The van der Waals surface area contributed by atoms with Crippen molar-refractivity contribution in [1.29, 1.82) is 0 Å². The molecule has 0 aromatic heterocycles. The van der Waals surface area contributed by atoms with Crippen LogP contribution in [0.3, 0.4) is 0 Å². The maximum absolute atomic E-state index is 9.56. The smallest absolute Gasteiger partial charge is 0.134 e. The summed E-state index contributed by atoms with van der Waals surface area (Å²) < 4.78 is 0. The summed E-state index contributed by atoms with van der Waals surface area (Å²) in [6.07, 6.45) is 12.4. The van der Waals surface area contributed by atoms with E-state index in [9.17, 15) is 5.11 Å². The van der Waals surface area contributed by atoms with Crippen molar-refractivity contribution in [2.75, 3.05) is 0 Å². The van der Waals surface area contributed by atoms with Gasteiger partial charge >= 0.3 is 0 Å². The van der Waals surface area contributed by atoms with Crippen LogP contribution in [0.2, 0.25) is 0 Å². The van der Waals surface area contributed by atoms with Crippen molar-refractivity contribution >= 4 is 0 Å². The molecule has 2 unspecified atom stereocenters. The molecule has 0 saturated carbocycles. The molecule has 0 aliphatic rings. The van der Waals surface area contributed by atoms with Crippen LogP contribution in [0.4, 0.5) is 0 Å². The summed E-state index contributed by atoms with van der Waals surface area (Å²) in [5.74, 6) is 10.3. The van der Waals surface area contributed by atoms with Crippen LogP contribution in [-0.4, -0.2) is 22.4 Å². The SMILES string of the molecule is C=CC(O)C#CC#CC=CCC(O)C=CC=CCC. The van der Waals surface area contributed by atoms with E-state index < -0.39 is 12.2 Å². The maximum atomic E-state index is 9.56. The quantitative estimate of drug-likeness (QED) is 0.435. The molecule has 0 bridgehead atoms. The minimum atomic E-state index is -0.832. The van der Waals surface area contributed by atoms with E-state index in [2.05, 4.69) is 37.2 Å². The Kier molecular flexibility index (Phi) is 11.1. The zero-order chi connectivity index (χ0) is 14.3. The summed E-state index contributed by atoms with van der Waals surface area (Å²) in [6.45, 7) is 5.45. The van der Waals surface area contributed by atoms with E-state index >= 15 is 0 Å². The van der Waals surface area contributed by atoms with Crippen LogP contribution >= 0.6 is 0 Å². The fourth-order valence-corrected chi connectivity index (χ4v) is 0.999. The van der Waals surface area contributed by atoms with Crippen LogP contribution in [-0.2, 0) is 0 Å². The van der Waals surface area contributed by atoms with E-state index in [1.54, 1.807) is 18.2 Å². The molecule has 0 spiro atoms. The highest BCUT2D eigenvalue weighted by Crippen LogP contribution is 1.95. The van der Waals surface area contributed by atoms with Crippen molar-refractivity contribution in [1.82, 2.24) is 0 Å². The molecular formula is C17H20O2. The van der Waals surface area contributed by atoms with Crippen LogP contribution in [0.5, 0.6) is 0 Å². The van der Waals surface area contributed by atoms with Gasteiger partial charge in [-0.2, -0.15) is 0 Å². The van der Waals surface area contributed by atoms with Gasteiger partial charge in [0.15, 0.2) is 0 Å². The highest BCUT2D eigenvalue weighted by molar-refractivity contribution is 5.32. The number of aliphatic hydroxyl groups is 2. The lowest BCUT2D eigenvalue weighted by Gasteiger charge is -1.97. The van der Waals surface area contributed by atoms with Gasteiger partial charge in [-0.25, -0.2) is 0 Å². The Morgan fingerprint density at radius 1 is 1.16 bits per heavy atom. The van der Waals surface area contributed by atoms with Crippen molar-refractivity contribution in [3.05, 3.63) is 49.1 Å². The molecule has 0 rings (SSSR count). The second-order valence-electron chi connectivity index (χ2n) is 3.65. The first-order valence-corrected chi connectivity index (χ1v) is 6.18. The number of hydrogen-bond donors (Lipinski definition) is 2. The fraction of sp³-hybridized carbons (Fsp3) is 0.294. The largest absolute Gasteiger partial charge is 0.389 e. The van der Waals surface area contributed by atoms with Crippen LogP contribution < -0.4 is 0 Å². The molecule has 2 atom stereocenters. The van der Waals surface area contributed by atoms with Crippen molar-refractivity contribution in [3.63, 3.8) is 0 Å². The van der Waals surface area contributed by atoms with Crippen molar-refractivity contribution in [2.24, 2.45) is 0 Å². The number of aliphatic hydroxyl groups excluding tert-OH is 2. The van der Waals surface area contributed by atoms with Gasteiger partial charge < -0.3 is 10.2 Å². The van der Waals surface area contributed by atoms with E-state index in [0.29, 0.717) is 6.42 Å². The molecule has 2 heteroatoms. The zero-order valence-electron chi connectivity index (χ0n) is 11.2. The molecule has 19 heavy (non-hydrogen) atoms. The fourth-order valence-electron chi connectivity index (χ4n) is 0.999. The van der Waals surface area contributed by atoms with Gasteiger partial charge in [0, 0.05) is 0 Å². The van der Waals surface area contributed by atoms with E-state index in [-0.39, 0.29) is 0 Å².